The number of halogens is 3. The first kappa shape index (κ1) is 18.5. The number of amides is 1. The SMILES string of the molecule is CC[C@@H](C)NC(=O)C[NH+]1CCN(c2ccc(C(F)(F)F)c[nH+]2)CC1. The number of aromatic nitrogens is 1. The molecule has 0 saturated carbocycles. The number of hydrogen-bond acceptors (Lipinski definition) is 2. The Labute approximate surface area is 139 Å². The number of H-pyrrole nitrogens is 1. The van der Waals surface area contributed by atoms with Crippen LogP contribution in [0.2, 0.25) is 0 Å². The van der Waals surface area contributed by atoms with Gasteiger partial charge in [-0.05, 0) is 19.4 Å². The second kappa shape index (κ2) is 7.83. The first-order valence-electron chi connectivity index (χ1n) is 8.26. The van der Waals surface area contributed by atoms with Gasteiger partial charge in [-0.25, -0.2) is 4.98 Å². The Bertz CT molecular complexity index is 539. The van der Waals surface area contributed by atoms with Crippen LogP contribution in [0.25, 0.3) is 0 Å². The minimum absolute atomic E-state index is 0.0499. The molecular weight excluding hydrogens is 321 g/mol. The molecule has 1 aromatic rings. The molecule has 2 heterocycles. The van der Waals surface area contributed by atoms with Gasteiger partial charge in [0.05, 0.1) is 5.56 Å². The molecule has 3 N–H and O–H groups in total. The molecule has 2 rings (SSSR count). The second-order valence-corrected chi connectivity index (χ2v) is 6.25. The molecule has 0 unspecified atom stereocenters. The predicted molar refractivity (Wildman–Crippen MR) is 83.7 cm³/mol. The van der Waals surface area contributed by atoms with E-state index in [0.29, 0.717) is 25.5 Å². The Morgan fingerprint density at radius 2 is 2.04 bits per heavy atom. The molecule has 1 saturated heterocycles. The summed E-state index contributed by atoms with van der Waals surface area (Å²) < 4.78 is 37.7. The molecule has 0 radical (unpaired) electrons. The van der Waals surface area contributed by atoms with Crippen LogP contribution in [0.4, 0.5) is 19.0 Å². The van der Waals surface area contributed by atoms with Gasteiger partial charge < -0.3 is 10.2 Å². The lowest BCUT2D eigenvalue weighted by Gasteiger charge is -2.28. The van der Waals surface area contributed by atoms with Crippen LogP contribution in [-0.4, -0.2) is 44.7 Å². The maximum atomic E-state index is 12.6. The van der Waals surface area contributed by atoms with E-state index in [1.54, 1.807) is 0 Å². The van der Waals surface area contributed by atoms with Crippen molar-refractivity contribution in [3.05, 3.63) is 23.9 Å². The zero-order valence-electron chi connectivity index (χ0n) is 14.0. The molecule has 0 aromatic carbocycles. The molecular formula is C16H25F3N4O+2. The number of piperazine rings is 1. The number of carbonyl (C=O) groups is 1. The second-order valence-electron chi connectivity index (χ2n) is 6.25. The third kappa shape index (κ3) is 5.09. The number of aromatic amines is 1. The van der Waals surface area contributed by atoms with Gasteiger partial charge in [-0.3, -0.25) is 9.69 Å². The maximum Gasteiger partial charge on any atom is 0.419 e. The van der Waals surface area contributed by atoms with E-state index in [9.17, 15) is 18.0 Å². The van der Waals surface area contributed by atoms with Crippen molar-refractivity contribution in [2.75, 3.05) is 37.6 Å². The molecule has 0 aliphatic carbocycles. The normalized spacial score (nSPS) is 17.6. The van der Waals surface area contributed by atoms with Crippen molar-refractivity contribution >= 4 is 11.7 Å². The topological polar surface area (TPSA) is 50.9 Å². The summed E-state index contributed by atoms with van der Waals surface area (Å²) in [5.74, 6) is 0.722. The molecule has 1 atom stereocenters. The van der Waals surface area contributed by atoms with E-state index in [4.69, 9.17) is 0 Å². The average Bonchev–Trinajstić information content (AvgIpc) is 2.54. The molecule has 1 fully saturated rings. The quantitative estimate of drug-likeness (QED) is 0.797. The Hall–Kier alpha value is -1.83. The van der Waals surface area contributed by atoms with Crippen molar-refractivity contribution in [2.24, 2.45) is 0 Å². The summed E-state index contributed by atoms with van der Waals surface area (Å²) in [5.41, 5.74) is -0.683. The van der Waals surface area contributed by atoms with Crippen LogP contribution in [0.1, 0.15) is 25.8 Å². The summed E-state index contributed by atoms with van der Waals surface area (Å²) in [5, 5.41) is 2.95. The van der Waals surface area contributed by atoms with Gasteiger partial charge in [-0.2, -0.15) is 13.2 Å². The van der Waals surface area contributed by atoms with E-state index >= 15 is 0 Å². The lowest BCUT2D eigenvalue weighted by molar-refractivity contribution is -0.892. The number of pyridine rings is 1. The fraction of sp³-hybridized carbons (Fsp3) is 0.625. The van der Waals surface area contributed by atoms with Crippen molar-refractivity contribution in [3.63, 3.8) is 0 Å². The number of anilines is 1. The third-order valence-corrected chi connectivity index (χ3v) is 4.37. The van der Waals surface area contributed by atoms with Gasteiger partial charge in [0.1, 0.15) is 32.4 Å². The highest BCUT2D eigenvalue weighted by molar-refractivity contribution is 5.77. The predicted octanol–water partition coefficient (Wildman–Crippen LogP) is 0.139. The van der Waals surface area contributed by atoms with Crippen LogP contribution in [0.5, 0.6) is 0 Å². The van der Waals surface area contributed by atoms with Crippen LogP contribution in [0.3, 0.4) is 0 Å². The molecule has 1 aliphatic heterocycles. The van der Waals surface area contributed by atoms with Crippen LogP contribution >= 0.6 is 0 Å². The maximum absolute atomic E-state index is 12.6. The zero-order valence-corrected chi connectivity index (χ0v) is 14.0. The number of hydrogen-bond donors (Lipinski definition) is 2. The molecule has 24 heavy (non-hydrogen) atoms. The summed E-state index contributed by atoms with van der Waals surface area (Å²) in [4.78, 5) is 17.8. The van der Waals surface area contributed by atoms with Gasteiger partial charge in [0.15, 0.2) is 6.54 Å². The van der Waals surface area contributed by atoms with Crippen LogP contribution in [0, 0.1) is 0 Å². The molecule has 1 amide bonds. The highest BCUT2D eigenvalue weighted by Crippen LogP contribution is 2.28. The van der Waals surface area contributed by atoms with Gasteiger partial charge in [-0.1, -0.05) is 6.92 Å². The summed E-state index contributed by atoms with van der Waals surface area (Å²) >= 11 is 0. The van der Waals surface area contributed by atoms with Crippen molar-refractivity contribution in [2.45, 2.75) is 32.5 Å². The van der Waals surface area contributed by atoms with E-state index in [-0.39, 0.29) is 11.9 Å². The first-order valence-corrected chi connectivity index (χ1v) is 8.26. The fourth-order valence-electron chi connectivity index (χ4n) is 2.69. The van der Waals surface area contributed by atoms with Crippen LogP contribution in [-0.2, 0) is 11.0 Å². The molecule has 134 valence electrons. The molecule has 5 nitrogen and oxygen atoms in total. The highest BCUT2D eigenvalue weighted by atomic mass is 19.4. The van der Waals surface area contributed by atoms with Crippen molar-refractivity contribution in [1.82, 2.24) is 5.32 Å². The number of nitrogens with one attached hydrogen (secondary N) is 3. The lowest BCUT2D eigenvalue weighted by atomic mass is 10.2. The molecule has 1 aliphatic rings. The van der Waals surface area contributed by atoms with Crippen LogP contribution < -0.4 is 20.1 Å². The van der Waals surface area contributed by atoms with Gasteiger partial charge >= 0.3 is 6.18 Å². The fourth-order valence-corrected chi connectivity index (χ4v) is 2.69. The minimum atomic E-state index is -4.33. The Morgan fingerprint density at radius 1 is 1.38 bits per heavy atom. The van der Waals surface area contributed by atoms with Gasteiger partial charge in [0, 0.05) is 12.1 Å². The Kier molecular flexibility index (Phi) is 6.04. The standard InChI is InChI=1S/C16H23F3N4O/c1-3-12(2)21-15(24)11-22-6-8-23(9-7-22)14-5-4-13(10-20-14)16(17,18)19/h4-5,10,12H,3,6-9,11H2,1-2H3,(H,21,24)/p+2/t12-/m1/s1. The third-order valence-electron chi connectivity index (χ3n) is 4.37. The molecule has 0 spiro atoms. The monoisotopic (exact) mass is 346 g/mol. The van der Waals surface area contributed by atoms with Gasteiger partial charge in [-0.15, -0.1) is 0 Å². The Balaban J connectivity index is 1.83. The zero-order chi connectivity index (χ0) is 17.7. The van der Waals surface area contributed by atoms with E-state index in [1.807, 2.05) is 18.7 Å². The largest absolute Gasteiger partial charge is 0.419 e. The smallest absolute Gasteiger partial charge is 0.349 e. The summed E-state index contributed by atoms with van der Waals surface area (Å²) in [6.07, 6.45) is -2.44. The Morgan fingerprint density at radius 3 is 2.54 bits per heavy atom. The van der Waals surface area contributed by atoms with Gasteiger partial charge in [0.2, 0.25) is 0 Å². The van der Waals surface area contributed by atoms with E-state index in [0.717, 1.165) is 31.8 Å². The van der Waals surface area contributed by atoms with Crippen LogP contribution in [0.15, 0.2) is 18.3 Å². The van der Waals surface area contributed by atoms with Gasteiger partial charge in [0.25, 0.3) is 11.7 Å². The van der Waals surface area contributed by atoms with E-state index in [1.165, 1.54) is 11.0 Å². The first-order chi connectivity index (χ1) is 11.3. The van der Waals surface area contributed by atoms with E-state index < -0.39 is 11.7 Å². The summed E-state index contributed by atoms with van der Waals surface area (Å²) in [6.45, 7) is 7.41. The van der Waals surface area contributed by atoms with E-state index in [2.05, 4.69) is 10.3 Å². The lowest BCUT2D eigenvalue weighted by Crippen LogP contribution is -3.16. The van der Waals surface area contributed by atoms with Crippen molar-refractivity contribution in [3.8, 4) is 0 Å². The number of rotatable bonds is 5. The molecule has 0 bridgehead atoms. The van der Waals surface area contributed by atoms with Crippen molar-refractivity contribution in [1.29, 1.82) is 0 Å². The summed E-state index contributed by atoms with van der Waals surface area (Å²) in [7, 11) is 0. The van der Waals surface area contributed by atoms with Crippen molar-refractivity contribution < 1.29 is 27.8 Å². The summed E-state index contributed by atoms with van der Waals surface area (Å²) in [6, 6.07) is 2.73. The molecule has 8 heteroatoms. The number of nitrogens with zero attached hydrogens (tertiary/aromatic N) is 1. The number of carbonyl (C=O) groups excluding carboxylic acids is 1. The number of quaternary nitrogens is 1. The minimum Gasteiger partial charge on any atom is -0.349 e. The average molecular weight is 346 g/mol. The molecule has 1 aromatic heterocycles. The highest BCUT2D eigenvalue weighted by Gasteiger charge is 2.33. The number of alkyl halides is 3.